The monoisotopic (exact) mass is 394 g/mol. The summed E-state index contributed by atoms with van der Waals surface area (Å²) >= 11 is 6.32. The molecule has 1 unspecified atom stereocenters. The average Bonchev–Trinajstić information content (AvgIpc) is 2.67. The molecular weight excluding hydrogens is 375 g/mol. The summed E-state index contributed by atoms with van der Waals surface area (Å²) < 4.78 is 0. The highest BCUT2D eigenvalue weighted by atomic mass is 35.5. The minimum Gasteiger partial charge on any atom is -0.354 e. The van der Waals surface area contributed by atoms with Crippen molar-refractivity contribution in [3.63, 3.8) is 0 Å². The zero-order chi connectivity index (χ0) is 17.8. The summed E-state index contributed by atoms with van der Waals surface area (Å²) in [7, 11) is 1.54. The molecule has 6 nitrogen and oxygen atoms in total. The number of nitrogens with one attached hydrogen (secondary N) is 2. The van der Waals surface area contributed by atoms with Gasteiger partial charge in [-0.3, -0.25) is 14.6 Å². The summed E-state index contributed by atoms with van der Waals surface area (Å²) in [6.45, 7) is 1.93. The second-order valence-corrected chi connectivity index (χ2v) is 6.16. The van der Waals surface area contributed by atoms with Gasteiger partial charge in [0.1, 0.15) is 5.69 Å². The van der Waals surface area contributed by atoms with Gasteiger partial charge in [-0.2, -0.15) is 0 Å². The van der Waals surface area contributed by atoms with E-state index in [-0.39, 0.29) is 36.0 Å². The SMILES string of the molecule is CNC(=O)c1ccc(C(=O)N2CCNCC2c2ccccc2Cl)cn1.Cl. The highest BCUT2D eigenvalue weighted by Crippen LogP contribution is 2.29. The lowest BCUT2D eigenvalue weighted by Gasteiger charge is -2.37. The molecular formula is C18H20Cl2N4O2. The van der Waals surface area contributed by atoms with Crippen LogP contribution < -0.4 is 10.6 Å². The lowest BCUT2D eigenvalue weighted by molar-refractivity contribution is 0.0633. The topological polar surface area (TPSA) is 74.3 Å². The third kappa shape index (κ3) is 4.15. The van der Waals surface area contributed by atoms with Gasteiger partial charge in [0.25, 0.3) is 11.8 Å². The number of carbonyl (C=O) groups is 2. The molecule has 0 bridgehead atoms. The van der Waals surface area contributed by atoms with Crippen LogP contribution in [0.1, 0.15) is 32.5 Å². The first-order valence-electron chi connectivity index (χ1n) is 8.06. The van der Waals surface area contributed by atoms with E-state index in [1.807, 2.05) is 24.3 Å². The zero-order valence-electron chi connectivity index (χ0n) is 14.2. The number of pyridine rings is 1. The van der Waals surface area contributed by atoms with E-state index >= 15 is 0 Å². The van der Waals surface area contributed by atoms with Crippen molar-refractivity contribution in [2.75, 3.05) is 26.7 Å². The van der Waals surface area contributed by atoms with Crippen LogP contribution in [-0.2, 0) is 0 Å². The number of halogens is 2. The van der Waals surface area contributed by atoms with Crippen LogP contribution in [0.4, 0.5) is 0 Å². The van der Waals surface area contributed by atoms with Gasteiger partial charge in [0.15, 0.2) is 0 Å². The Kier molecular flexibility index (Phi) is 6.97. The Morgan fingerprint density at radius 1 is 1.27 bits per heavy atom. The van der Waals surface area contributed by atoms with Gasteiger partial charge in [0.05, 0.1) is 11.6 Å². The molecule has 0 spiro atoms. The Bertz CT molecular complexity index is 783. The molecule has 2 heterocycles. The molecule has 0 saturated carbocycles. The van der Waals surface area contributed by atoms with Crippen molar-refractivity contribution in [2.45, 2.75) is 6.04 Å². The number of benzene rings is 1. The Hall–Kier alpha value is -2.15. The minimum atomic E-state index is -0.282. The number of rotatable bonds is 3. The third-order valence-corrected chi connectivity index (χ3v) is 4.58. The lowest BCUT2D eigenvalue weighted by atomic mass is 10.0. The standard InChI is InChI=1S/C18H19ClN4O2.ClH/c1-20-17(24)15-7-6-12(10-22-15)18(25)23-9-8-21-11-16(23)13-4-2-3-5-14(13)19;/h2-7,10,16,21H,8-9,11H2,1H3,(H,20,24);1H. The third-order valence-electron chi connectivity index (χ3n) is 4.24. The number of piperazine rings is 1. The number of carbonyl (C=O) groups excluding carboxylic acids is 2. The van der Waals surface area contributed by atoms with Crippen molar-refractivity contribution in [3.05, 3.63) is 64.4 Å². The van der Waals surface area contributed by atoms with Crippen LogP contribution in [0.2, 0.25) is 5.02 Å². The van der Waals surface area contributed by atoms with Crippen molar-refractivity contribution < 1.29 is 9.59 Å². The molecule has 3 rings (SSSR count). The Morgan fingerprint density at radius 3 is 2.69 bits per heavy atom. The number of hydrogen-bond acceptors (Lipinski definition) is 4. The first-order chi connectivity index (χ1) is 12.1. The molecule has 138 valence electrons. The van der Waals surface area contributed by atoms with Crippen LogP contribution in [0.25, 0.3) is 0 Å². The van der Waals surface area contributed by atoms with E-state index in [1.54, 1.807) is 17.0 Å². The normalized spacial score (nSPS) is 16.5. The fourth-order valence-corrected chi connectivity index (χ4v) is 3.18. The fourth-order valence-electron chi connectivity index (χ4n) is 2.92. The highest BCUT2D eigenvalue weighted by Gasteiger charge is 2.30. The summed E-state index contributed by atoms with van der Waals surface area (Å²) in [5, 5.41) is 6.46. The lowest BCUT2D eigenvalue weighted by Crippen LogP contribution is -2.48. The van der Waals surface area contributed by atoms with Gasteiger partial charge in [0, 0.05) is 37.9 Å². The molecule has 1 fully saturated rings. The molecule has 0 radical (unpaired) electrons. The molecule has 26 heavy (non-hydrogen) atoms. The smallest absolute Gasteiger partial charge is 0.269 e. The van der Waals surface area contributed by atoms with E-state index in [1.165, 1.54) is 13.2 Å². The maximum atomic E-state index is 13.0. The van der Waals surface area contributed by atoms with Crippen molar-refractivity contribution in [1.82, 2.24) is 20.5 Å². The predicted octanol–water partition coefficient (Wildman–Crippen LogP) is 2.30. The average molecular weight is 395 g/mol. The van der Waals surface area contributed by atoms with Gasteiger partial charge in [0.2, 0.25) is 0 Å². The Labute approximate surface area is 163 Å². The van der Waals surface area contributed by atoms with Gasteiger partial charge < -0.3 is 15.5 Å². The van der Waals surface area contributed by atoms with Crippen molar-refractivity contribution in [2.24, 2.45) is 0 Å². The summed E-state index contributed by atoms with van der Waals surface area (Å²) in [5.41, 5.74) is 1.65. The maximum absolute atomic E-state index is 13.0. The molecule has 1 aromatic heterocycles. The van der Waals surface area contributed by atoms with Gasteiger partial charge in [-0.05, 0) is 23.8 Å². The first-order valence-corrected chi connectivity index (χ1v) is 8.44. The largest absolute Gasteiger partial charge is 0.354 e. The molecule has 1 aliphatic rings. The van der Waals surface area contributed by atoms with Gasteiger partial charge >= 0.3 is 0 Å². The Balaban J connectivity index is 0.00000243. The van der Waals surface area contributed by atoms with Crippen LogP contribution in [0.15, 0.2) is 42.6 Å². The van der Waals surface area contributed by atoms with Gasteiger partial charge in [-0.15, -0.1) is 12.4 Å². The number of amides is 2. The summed E-state index contributed by atoms with van der Waals surface area (Å²) in [6, 6.07) is 10.6. The summed E-state index contributed by atoms with van der Waals surface area (Å²) in [4.78, 5) is 30.4. The number of hydrogen-bond donors (Lipinski definition) is 2. The second-order valence-electron chi connectivity index (χ2n) is 5.75. The van der Waals surface area contributed by atoms with Gasteiger partial charge in [-0.1, -0.05) is 29.8 Å². The van der Waals surface area contributed by atoms with Crippen molar-refractivity contribution in [1.29, 1.82) is 0 Å². The van der Waals surface area contributed by atoms with Crippen LogP contribution in [0, 0.1) is 0 Å². The summed E-state index contributed by atoms with van der Waals surface area (Å²) in [5.74, 6) is -0.405. The van der Waals surface area contributed by atoms with Crippen LogP contribution in [0.3, 0.4) is 0 Å². The predicted molar refractivity (Wildman–Crippen MR) is 103 cm³/mol. The summed E-state index contributed by atoms with van der Waals surface area (Å²) in [6.07, 6.45) is 1.44. The number of nitrogens with zero attached hydrogens (tertiary/aromatic N) is 2. The van der Waals surface area contributed by atoms with E-state index in [0.29, 0.717) is 23.7 Å². The maximum Gasteiger partial charge on any atom is 0.269 e. The van der Waals surface area contributed by atoms with E-state index in [4.69, 9.17) is 11.6 Å². The first kappa shape index (κ1) is 20.2. The molecule has 2 N–H and O–H groups in total. The molecule has 1 saturated heterocycles. The molecule has 8 heteroatoms. The molecule has 0 aliphatic carbocycles. The van der Waals surface area contributed by atoms with Crippen LogP contribution >= 0.6 is 24.0 Å². The van der Waals surface area contributed by atoms with Crippen molar-refractivity contribution in [3.8, 4) is 0 Å². The van der Waals surface area contributed by atoms with Crippen LogP contribution in [0.5, 0.6) is 0 Å². The van der Waals surface area contributed by atoms with Gasteiger partial charge in [-0.25, -0.2) is 0 Å². The highest BCUT2D eigenvalue weighted by molar-refractivity contribution is 6.31. The Morgan fingerprint density at radius 2 is 2.04 bits per heavy atom. The molecule has 1 aromatic carbocycles. The van der Waals surface area contributed by atoms with Crippen molar-refractivity contribution >= 4 is 35.8 Å². The second kappa shape index (κ2) is 8.98. The zero-order valence-corrected chi connectivity index (χ0v) is 15.8. The quantitative estimate of drug-likeness (QED) is 0.837. The molecule has 2 amide bonds. The minimum absolute atomic E-state index is 0. The van der Waals surface area contributed by atoms with E-state index < -0.39 is 0 Å². The van der Waals surface area contributed by atoms with Crippen LogP contribution in [-0.4, -0.2) is 48.4 Å². The van der Waals surface area contributed by atoms with E-state index in [9.17, 15) is 9.59 Å². The van der Waals surface area contributed by atoms with E-state index in [0.717, 1.165) is 12.1 Å². The van der Waals surface area contributed by atoms with E-state index in [2.05, 4.69) is 15.6 Å². The number of aromatic nitrogens is 1. The molecule has 1 atom stereocenters. The molecule has 2 aromatic rings. The fraction of sp³-hybridized carbons (Fsp3) is 0.278. The molecule has 1 aliphatic heterocycles.